The maximum absolute atomic E-state index is 10.6. The van der Waals surface area contributed by atoms with Crippen molar-refractivity contribution in [3.05, 3.63) is 30.2 Å². The van der Waals surface area contributed by atoms with Crippen molar-refractivity contribution >= 4 is 5.91 Å². The number of hydrogen-bond acceptors (Lipinski definition) is 4. The lowest BCUT2D eigenvalue weighted by molar-refractivity contribution is -0.124. The van der Waals surface area contributed by atoms with E-state index in [0.717, 1.165) is 5.12 Å². The predicted molar refractivity (Wildman–Crippen MR) is 53.7 cm³/mol. The fraction of sp³-hybridized carbons (Fsp3) is 0.375. The molecule has 0 atom stereocenters. The summed E-state index contributed by atoms with van der Waals surface area (Å²) < 4.78 is 0. The maximum Gasteiger partial charge on any atom is 0.240 e. The summed E-state index contributed by atoms with van der Waals surface area (Å²) >= 11 is 0. The zero-order chi connectivity index (χ0) is 11.0. The number of hydrazine groups is 1. The van der Waals surface area contributed by atoms with Crippen LogP contribution in [0.25, 0.3) is 0 Å². The van der Waals surface area contributed by atoms with Crippen LogP contribution in [0.5, 0.6) is 0 Å². The lowest BCUT2D eigenvalue weighted by Gasteiger charge is -2.26. The van der Waals surface area contributed by atoms with Crippen LogP contribution < -0.4 is 5.73 Å². The maximum atomic E-state index is 10.6. The number of rotatable bonds is 8. The monoisotopic (exact) mass is 198 g/mol. The largest absolute Gasteiger partial charge is 0.368 e. The van der Waals surface area contributed by atoms with E-state index in [1.807, 2.05) is 0 Å². The topological polar surface area (TPSA) is 79.0 Å². The summed E-state index contributed by atoms with van der Waals surface area (Å²) in [6, 6.07) is 0. The molecular weight excluding hydrogens is 184 g/mol. The molecule has 0 aromatic heterocycles. The molecule has 0 bridgehead atoms. The fourth-order valence-electron chi connectivity index (χ4n) is 0.881. The van der Waals surface area contributed by atoms with Crippen molar-refractivity contribution in [3.63, 3.8) is 0 Å². The highest BCUT2D eigenvalue weighted by Gasteiger charge is 2.14. The third-order valence-corrected chi connectivity index (χ3v) is 1.40. The zero-order valence-electron chi connectivity index (χ0n) is 7.93. The number of carbonyl (C=O) groups excluding carboxylic acids is 1. The molecule has 0 rings (SSSR count). The fourth-order valence-corrected chi connectivity index (χ4v) is 0.881. The summed E-state index contributed by atoms with van der Waals surface area (Å²) in [6.07, 6.45) is 3.17. The molecule has 0 aliphatic rings. The lowest BCUT2D eigenvalue weighted by atomic mass is 10.5. The van der Waals surface area contributed by atoms with E-state index in [-0.39, 0.29) is 6.54 Å². The minimum atomic E-state index is -0.622. The smallest absolute Gasteiger partial charge is 0.240 e. The molecule has 0 saturated heterocycles. The average Bonchev–Trinajstić information content (AvgIpc) is 2.13. The first kappa shape index (κ1) is 12.3. The van der Waals surface area contributed by atoms with Crippen LogP contribution in [-0.4, -0.2) is 35.7 Å². The number of nitroso groups, excluding NO2 is 1. The van der Waals surface area contributed by atoms with Gasteiger partial charge in [-0.1, -0.05) is 12.2 Å². The van der Waals surface area contributed by atoms with Gasteiger partial charge in [-0.3, -0.25) is 4.79 Å². The Bertz CT molecular complexity index is 219. The molecule has 0 fully saturated rings. The first-order valence-electron chi connectivity index (χ1n) is 4.01. The number of primary amides is 1. The molecule has 0 unspecified atom stereocenters. The minimum Gasteiger partial charge on any atom is -0.368 e. The molecule has 0 radical (unpaired) electrons. The Balaban J connectivity index is 4.38. The van der Waals surface area contributed by atoms with Crippen molar-refractivity contribution in [2.75, 3.05) is 19.6 Å². The van der Waals surface area contributed by atoms with Gasteiger partial charge in [0.2, 0.25) is 5.91 Å². The van der Waals surface area contributed by atoms with E-state index < -0.39 is 5.91 Å². The Labute approximate surface area is 82.6 Å². The van der Waals surface area contributed by atoms with Gasteiger partial charge in [-0.25, -0.2) is 0 Å². The van der Waals surface area contributed by atoms with Gasteiger partial charge >= 0.3 is 0 Å². The van der Waals surface area contributed by atoms with Crippen LogP contribution in [-0.2, 0) is 4.79 Å². The molecule has 1 amide bonds. The van der Waals surface area contributed by atoms with Crippen LogP contribution in [0.2, 0.25) is 0 Å². The number of amides is 1. The summed E-state index contributed by atoms with van der Waals surface area (Å²) in [7, 11) is 0. The van der Waals surface area contributed by atoms with Gasteiger partial charge in [-0.05, 0) is 0 Å². The van der Waals surface area contributed by atoms with E-state index in [9.17, 15) is 9.70 Å². The van der Waals surface area contributed by atoms with Crippen LogP contribution in [0, 0.1) is 4.91 Å². The van der Waals surface area contributed by atoms with Crippen LogP contribution >= 0.6 is 0 Å². The molecule has 6 heteroatoms. The highest BCUT2D eigenvalue weighted by Crippen LogP contribution is 1.98. The number of carbonyl (C=O) groups is 1. The van der Waals surface area contributed by atoms with Gasteiger partial charge in [0.25, 0.3) is 0 Å². The Kier molecular flexibility index (Phi) is 5.97. The van der Waals surface area contributed by atoms with Crippen LogP contribution in [0.3, 0.4) is 0 Å². The second-order valence-corrected chi connectivity index (χ2v) is 2.53. The number of hydrogen-bond donors (Lipinski definition) is 1. The van der Waals surface area contributed by atoms with Gasteiger partial charge in [-0.2, -0.15) is 10.1 Å². The van der Waals surface area contributed by atoms with Gasteiger partial charge < -0.3 is 5.73 Å². The summed E-state index contributed by atoms with van der Waals surface area (Å²) in [5, 5.41) is 5.13. The highest BCUT2D eigenvalue weighted by atomic mass is 16.3. The average molecular weight is 198 g/mol. The summed E-state index contributed by atoms with van der Waals surface area (Å²) in [5.41, 5.74) is 4.94. The SMILES string of the molecule is C=CCN(CC=C)N(CC(N)=O)N=O. The minimum absolute atomic E-state index is 0.245. The van der Waals surface area contributed by atoms with Crippen LogP contribution in [0.4, 0.5) is 0 Å². The zero-order valence-corrected chi connectivity index (χ0v) is 7.93. The molecule has 0 aromatic carbocycles. The van der Waals surface area contributed by atoms with Crippen molar-refractivity contribution in [3.8, 4) is 0 Å². The first-order chi connectivity index (χ1) is 6.65. The molecule has 0 heterocycles. The van der Waals surface area contributed by atoms with Crippen LogP contribution in [0.1, 0.15) is 0 Å². The second kappa shape index (κ2) is 6.79. The molecule has 0 spiro atoms. The van der Waals surface area contributed by atoms with Gasteiger partial charge in [-0.15, -0.1) is 18.1 Å². The summed E-state index contributed by atoms with van der Waals surface area (Å²) in [5.74, 6) is -0.622. The van der Waals surface area contributed by atoms with Crippen molar-refractivity contribution < 1.29 is 4.79 Å². The van der Waals surface area contributed by atoms with E-state index in [2.05, 4.69) is 18.4 Å². The molecule has 0 saturated carbocycles. The molecular formula is C8H14N4O2. The lowest BCUT2D eigenvalue weighted by Crippen LogP contribution is -2.43. The van der Waals surface area contributed by atoms with Crippen molar-refractivity contribution in [2.45, 2.75) is 0 Å². The van der Waals surface area contributed by atoms with Gasteiger partial charge in [0.15, 0.2) is 0 Å². The van der Waals surface area contributed by atoms with E-state index in [0.29, 0.717) is 13.1 Å². The third kappa shape index (κ3) is 4.36. The molecule has 6 nitrogen and oxygen atoms in total. The molecule has 0 aliphatic carbocycles. The van der Waals surface area contributed by atoms with Gasteiger partial charge in [0.1, 0.15) is 6.54 Å². The van der Waals surface area contributed by atoms with Crippen molar-refractivity contribution in [1.29, 1.82) is 0 Å². The Morgan fingerprint density at radius 3 is 2.14 bits per heavy atom. The van der Waals surface area contributed by atoms with Gasteiger partial charge in [0.05, 0.1) is 5.29 Å². The molecule has 2 N–H and O–H groups in total. The van der Waals surface area contributed by atoms with E-state index in [4.69, 9.17) is 5.73 Å². The van der Waals surface area contributed by atoms with Crippen molar-refractivity contribution in [2.24, 2.45) is 11.0 Å². The Morgan fingerprint density at radius 2 is 1.86 bits per heavy atom. The molecule has 78 valence electrons. The molecule has 0 aromatic rings. The quantitative estimate of drug-likeness (QED) is 0.339. The Morgan fingerprint density at radius 1 is 1.36 bits per heavy atom. The Hall–Kier alpha value is -1.69. The normalized spacial score (nSPS) is 9.50. The predicted octanol–water partition coefficient (Wildman–Crippen LogP) is 0.0441. The molecule has 14 heavy (non-hydrogen) atoms. The summed E-state index contributed by atoms with van der Waals surface area (Å²) in [4.78, 5) is 21.0. The van der Waals surface area contributed by atoms with Gasteiger partial charge in [0, 0.05) is 13.1 Å². The first-order valence-corrected chi connectivity index (χ1v) is 4.01. The third-order valence-electron chi connectivity index (χ3n) is 1.40. The standard InChI is InChI=1S/C8H14N4O2/c1-3-5-11(6-4-2)12(10-14)7-8(9)13/h3-4H,1-2,5-7H2,(H2,9,13). The molecule has 0 aliphatic heterocycles. The van der Waals surface area contributed by atoms with Crippen molar-refractivity contribution in [1.82, 2.24) is 10.1 Å². The van der Waals surface area contributed by atoms with E-state index in [1.165, 1.54) is 5.01 Å². The second-order valence-electron chi connectivity index (χ2n) is 2.53. The highest BCUT2D eigenvalue weighted by molar-refractivity contribution is 5.75. The number of nitrogens with zero attached hydrogens (tertiary/aromatic N) is 3. The number of nitrogens with two attached hydrogens (primary N) is 1. The van der Waals surface area contributed by atoms with E-state index >= 15 is 0 Å². The van der Waals surface area contributed by atoms with Crippen LogP contribution in [0.15, 0.2) is 30.6 Å². The summed E-state index contributed by atoms with van der Waals surface area (Å²) in [6.45, 7) is 7.58. The van der Waals surface area contributed by atoms with E-state index in [1.54, 1.807) is 12.2 Å².